The maximum absolute atomic E-state index is 12.4. The van der Waals surface area contributed by atoms with Crippen molar-refractivity contribution in [2.45, 2.75) is 218 Å². The molecule has 0 radical (unpaired) electrons. The Hall–Kier alpha value is -0.690. The van der Waals surface area contributed by atoms with Gasteiger partial charge in [-0.3, -0.25) is 4.79 Å². The second kappa shape index (κ2) is 31.7. The van der Waals surface area contributed by atoms with Crippen LogP contribution in [0.1, 0.15) is 194 Å². The van der Waals surface area contributed by atoms with E-state index < -0.39 is 36.9 Å². The predicted octanol–water partition coefficient (Wildman–Crippen LogP) is 8.51. The molecule has 6 nitrogen and oxygen atoms in total. The summed E-state index contributed by atoms with van der Waals surface area (Å²) in [6.45, 7) is 4.03. The van der Waals surface area contributed by atoms with Gasteiger partial charge >= 0.3 is 0 Å². The molecule has 42 heavy (non-hydrogen) atoms. The average molecular weight is 600 g/mol. The van der Waals surface area contributed by atoms with Crippen LogP contribution < -0.4 is 5.32 Å². The van der Waals surface area contributed by atoms with E-state index in [0.717, 1.165) is 38.5 Å². The Morgan fingerprint density at radius 1 is 0.500 bits per heavy atom. The summed E-state index contributed by atoms with van der Waals surface area (Å²) in [4.78, 5) is 12.4. The molecule has 252 valence electrons. The molecule has 0 aromatic heterocycles. The lowest BCUT2D eigenvalue weighted by Gasteiger charge is -2.27. The highest BCUT2D eigenvalue weighted by molar-refractivity contribution is 5.80. The highest BCUT2D eigenvalue weighted by Crippen LogP contribution is 2.16. The Labute approximate surface area is 260 Å². The zero-order valence-corrected chi connectivity index (χ0v) is 28.0. The van der Waals surface area contributed by atoms with Crippen LogP contribution in [0.3, 0.4) is 0 Å². The first kappa shape index (κ1) is 41.3. The van der Waals surface area contributed by atoms with Crippen molar-refractivity contribution in [3.8, 4) is 0 Å². The minimum absolute atomic E-state index is 0.375. The maximum atomic E-state index is 12.4. The fourth-order valence-corrected chi connectivity index (χ4v) is 5.81. The molecule has 0 saturated carbocycles. The largest absolute Gasteiger partial charge is 0.394 e. The molecule has 0 bridgehead atoms. The van der Waals surface area contributed by atoms with Crippen LogP contribution in [-0.2, 0) is 4.79 Å². The Kier molecular flexibility index (Phi) is 31.2. The molecule has 0 aliphatic rings. The van der Waals surface area contributed by atoms with Gasteiger partial charge in [-0.05, 0) is 12.8 Å². The van der Waals surface area contributed by atoms with Crippen molar-refractivity contribution in [3.63, 3.8) is 0 Å². The van der Waals surface area contributed by atoms with Crippen molar-refractivity contribution in [1.82, 2.24) is 5.32 Å². The summed E-state index contributed by atoms with van der Waals surface area (Å²) < 4.78 is 0. The predicted molar refractivity (Wildman–Crippen MR) is 178 cm³/mol. The van der Waals surface area contributed by atoms with Crippen molar-refractivity contribution in [2.75, 3.05) is 6.61 Å². The minimum atomic E-state index is -1.25. The van der Waals surface area contributed by atoms with Gasteiger partial charge in [-0.2, -0.15) is 0 Å². The second-order valence-corrected chi connectivity index (χ2v) is 12.9. The lowest BCUT2D eigenvalue weighted by atomic mass is 9.99. The number of carbonyl (C=O) groups excluding carboxylic acids is 1. The van der Waals surface area contributed by atoms with Crippen LogP contribution in [-0.4, -0.2) is 57.3 Å². The number of carbonyl (C=O) groups is 1. The summed E-state index contributed by atoms with van der Waals surface area (Å²) >= 11 is 0. The molecule has 2 unspecified atom stereocenters. The fraction of sp³-hybridized carbons (Fsp3) is 0.972. The normalized spacial score (nSPS) is 14.5. The van der Waals surface area contributed by atoms with E-state index in [2.05, 4.69) is 19.2 Å². The summed E-state index contributed by atoms with van der Waals surface area (Å²) in [5.74, 6) is -0.583. The molecule has 0 aliphatic heterocycles. The monoisotopic (exact) mass is 600 g/mol. The molecule has 0 fully saturated rings. The summed E-state index contributed by atoms with van der Waals surface area (Å²) in [6, 6.07) is -0.976. The number of hydrogen-bond acceptors (Lipinski definition) is 5. The number of nitrogens with one attached hydrogen (secondary N) is 1. The van der Waals surface area contributed by atoms with Crippen LogP contribution in [0.5, 0.6) is 0 Å². The molecular formula is C36H73NO5. The lowest BCUT2D eigenvalue weighted by molar-refractivity contribution is -0.132. The lowest BCUT2D eigenvalue weighted by Crippen LogP contribution is -2.53. The smallest absolute Gasteiger partial charge is 0.249 e. The summed E-state index contributed by atoms with van der Waals surface area (Å²) in [7, 11) is 0. The quantitative estimate of drug-likeness (QED) is 0.0486. The molecule has 0 aromatic rings. The third kappa shape index (κ3) is 25.8. The topological polar surface area (TPSA) is 110 Å². The molecule has 4 atom stereocenters. The van der Waals surface area contributed by atoms with Gasteiger partial charge < -0.3 is 25.7 Å². The molecule has 0 aliphatic carbocycles. The molecule has 0 saturated heterocycles. The van der Waals surface area contributed by atoms with E-state index in [-0.39, 0.29) is 0 Å². The first-order valence-corrected chi connectivity index (χ1v) is 18.4. The highest BCUT2D eigenvalue weighted by atomic mass is 16.3. The van der Waals surface area contributed by atoms with Gasteiger partial charge in [-0.15, -0.1) is 0 Å². The first-order chi connectivity index (χ1) is 20.5. The van der Waals surface area contributed by atoms with Crippen LogP contribution in [0.15, 0.2) is 0 Å². The third-order valence-corrected chi connectivity index (χ3v) is 8.82. The molecule has 0 rings (SSSR count). The minimum Gasteiger partial charge on any atom is -0.394 e. The van der Waals surface area contributed by atoms with E-state index in [0.29, 0.717) is 12.8 Å². The second-order valence-electron chi connectivity index (χ2n) is 12.9. The van der Waals surface area contributed by atoms with E-state index in [1.54, 1.807) is 0 Å². The molecule has 0 aromatic carbocycles. The van der Waals surface area contributed by atoms with Gasteiger partial charge in [0.1, 0.15) is 12.2 Å². The summed E-state index contributed by atoms with van der Waals surface area (Å²) in [5.41, 5.74) is 0. The highest BCUT2D eigenvalue weighted by Gasteiger charge is 2.28. The van der Waals surface area contributed by atoms with E-state index in [1.165, 1.54) is 128 Å². The van der Waals surface area contributed by atoms with E-state index in [4.69, 9.17) is 0 Å². The fourth-order valence-electron chi connectivity index (χ4n) is 5.81. The third-order valence-electron chi connectivity index (χ3n) is 8.82. The Morgan fingerprint density at radius 2 is 0.810 bits per heavy atom. The van der Waals surface area contributed by atoms with Crippen LogP contribution in [0.25, 0.3) is 0 Å². The van der Waals surface area contributed by atoms with Crippen molar-refractivity contribution < 1.29 is 25.2 Å². The van der Waals surface area contributed by atoms with Crippen molar-refractivity contribution in [2.24, 2.45) is 0 Å². The van der Waals surface area contributed by atoms with Crippen LogP contribution in [0.4, 0.5) is 0 Å². The molecule has 6 heteroatoms. The number of aliphatic hydroxyl groups is 4. The number of aliphatic hydroxyl groups excluding tert-OH is 4. The molecule has 5 N–H and O–H groups in total. The molecular weight excluding hydrogens is 526 g/mol. The number of amides is 1. The zero-order valence-electron chi connectivity index (χ0n) is 28.0. The van der Waals surface area contributed by atoms with Crippen LogP contribution in [0.2, 0.25) is 0 Å². The van der Waals surface area contributed by atoms with Crippen molar-refractivity contribution in [3.05, 3.63) is 0 Å². The van der Waals surface area contributed by atoms with Gasteiger partial charge in [0.15, 0.2) is 0 Å². The van der Waals surface area contributed by atoms with Crippen molar-refractivity contribution in [1.29, 1.82) is 0 Å². The van der Waals surface area contributed by atoms with E-state index in [9.17, 15) is 25.2 Å². The standard InChI is InChI=1S/C36H73NO5/c1-3-5-7-9-11-13-15-17-18-20-22-24-26-28-30-34(40)36(42)37-32(31-38)35(41)33(39)29-27-25-23-21-19-16-14-12-10-8-6-4-2/h32-35,38-41H,3-31H2,1-2H3,(H,37,42)/t32?,33-,34?,35+/m1/s1. The molecule has 0 spiro atoms. The average Bonchev–Trinajstić information content (AvgIpc) is 2.99. The summed E-state index contributed by atoms with van der Waals surface area (Å²) in [6.07, 6.45) is 29.7. The zero-order chi connectivity index (χ0) is 31.1. The Bertz CT molecular complexity index is 561. The Balaban J connectivity index is 3.80. The van der Waals surface area contributed by atoms with Crippen molar-refractivity contribution >= 4 is 5.91 Å². The maximum Gasteiger partial charge on any atom is 0.249 e. The van der Waals surface area contributed by atoms with Gasteiger partial charge in [-0.1, -0.05) is 181 Å². The summed E-state index contributed by atoms with van der Waals surface area (Å²) in [5, 5.41) is 43.4. The van der Waals surface area contributed by atoms with Crippen LogP contribution in [0, 0.1) is 0 Å². The van der Waals surface area contributed by atoms with E-state index >= 15 is 0 Å². The number of rotatable bonds is 33. The van der Waals surface area contributed by atoms with Crippen LogP contribution >= 0.6 is 0 Å². The van der Waals surface area contributed by atoms with Gasteiger partial charge in [0, 0.05) is 0 Å². The first-order valence-electron chi connectivity index (χ1n) is 18.4. The van der Waals surface area contributed by atoms with Gasteiger partial charge in [0.05, 0.1) is 18.8 Å². The van der Waals surface area contributed by atoms with Gasteiger partial charge in [0.25, 0.3) is 0 Å². The van der Waals surface area contributed by atoms with Gasteiger partial charge in [0.2, 0.25) is 5.91 Å². The number of unbranched alkanes of at least 4 members (excludes halogenated alkanes) is 24. The molecule has 0 heterocycles. The molecule has 1 amide bonds. The van der Waals surface area contributed by atoms with Gasteiger partial charge in [-0.25, -0.2) is 0 Å². The van der Waals surface area contributed by atoms with E-state index in [1.807, 2.05) is 0 Å². The SMILES string of the molecule is CCCCCCCCCCCCCCCCC(O)C(=O)NC(CO)[C@H](O)[C@H](O)CCCCCCCCCCCCCC. The Morgan fingerprint density at radius 3 is 1.14 bits per heavy atom. The number of hydrogen-bond donors (Lipinski definition) is 5.